The van der Waals surface area contributed by atoms with Crippen molar-refractivity contribution in [3.63, 3.8) is 0 Å². The van der Waals surface area contributed by atoms with E-state index < -0.39 is 28.5 Å². The van der Waals surface area contributed by atoms with Crippen LogP contribution in [0.1, 0.15) is 36.1 Å². The molecular formula is C30H36BrN3O4S. The van der Waals surface area contributed by atoms with E-state index in [9.17, 15) is 18.0 Å². The molecule has 39 heavy (non-hydrogen) atoms. The molecule has 0 saturated carbocycles. The van der Waals surface area contributed by atoms with Crippen LogP contribution in [0, 0.1) is 13.8 Å². The summed E-state index contributed by atoms with van der Waals surface area (Å²) in [7, 11) is -3.81. The second kappa shape index (κ2) is 13.3. The molecule has 3 rings (SSSR count). The highest BCUT2D eigenvalue weighted by Crippen LogP contribution is 2.25. The first kappa shape index (κ1) is 30.4. The SMILES string of the molecule is Cc1cc(N(CC(=O)N(Cc2ccccc2C)C(Cc2ccccc2)C(=O)NC(C)C)S(C)(=O)=O)ccc1Br. The lowest BCUT2D eigenvalue weighted by atomic mass is 10.0. The number of anilines is 1. The Morgan fingerprint density at radius 3 is 2.15 bits per heavy atom. The molecule has 1 unspecified atom stereocenters. The van der Waals surface area contributed by atoms with E-state index in [0.717, 1.165) is 37.3 Å². The number of hydrogen-bond donors (Lipinski definition) is 1. The first-order valence-electron chi connectivity index (χ1n) is 12.8. The van der Waals surface area contributed by atoms with Gasteiger partial charge < -0.3 is 10.2 Å². The molecule has 0 bridgehead atoms. The zero-order chi connectivity index (χ0) is 28.7. The second-order valence-electron chi connectivity index (χ2n) is 10.0. The van der Waals surface area contributed by atoms with Crippen molar-refractivity contribution in [2.75, 3.05) is 17.1 Å². The van der Waals surface area contributed by atoms with Crippen LogP contribution >= 0.6 is 15.9 Å². The van der Waals surface area contributed by atoms with E-state index in [4.69, 9.17) is 0 Å². The Hall–Kier alpha value is -3.17. The van der Waals surface area contributed by atoms with Crippen molar-refractivity contribution in [3.8, 4) is 0 Å². The van der Waals surface area contributed by atoms with Crippen LogP contribution < -0.4 is 9.62 Å². The summed E-state index contributed by atoms with van der Waals surface area (Å²) in [5, 5.41) is 2.96. The van der Waals surface area contributed by atoms with Gasteiger partial charge in [0.25, 0.3) is 0 Å². The molecule has 2 amide bonds. The maximum atomic E-state index is 14.1. The zero-order valence-electron chi connectivity index (χ0n) is 23.0. The van der Waals surface area contributed by atoms with Crippen molar-refractivity contribution >= 4 is 43.5 Å². The maximum Gasteiger partial charge on any atom is 0.244 e. The Kier molecular flexibility index (Phi) is 10.3. The summed E-state index contributed by atoms with van der Waals surface area (Å²) in [6, 6.07) is 21.3. The highest BCUT2D eigenvalue weighted by atomic mass is 79.9. The summed E-state index contributed by atoms with van der Waals surface area (Å²) in [5.74, 6) is -0.759. The van der Waals surface area contributed by atoms with Gasteiger partial charge in [0.05, 0.1) is 11.9 Å². The Bertz CT molecular complexity index is 1410. The fourth-order valence-corrected chi connectivity index (χ4v) is 5.39. The fourth-order valence-electron chi connectivity index (χ4n) is 4.30. The van der Waals surface area contributed by atoms with Crippen molar-refractivity contribution in [2.24, 2.45) is 0 Å². The zero-order valence-corrected chi connectivity index (χ0v) is 25.4. The molecule has 1 N–H and O–H groups in total. The molecule has 0 radical (unpaired) electrons. The van der Waals surface area contributed by atoms with E-state index in [1.54, 1.807) is 18.2 Å². The normalized spacial score (nSPS) is 12.2. The average molecular weight is 615 g/mol. The number of amides is 2. The van der Waals surface area contributed by atoms with Crippen molar-refractivity contribution in [3.05, 3.63) is 99.5 Å². The van der Waals surface area contributed by atoms with Gasteiger partial charge in [0, 0.05) is 23.5 Å². The van der Waals surface area contributed by atoms with Crippen molar-refractivity contribution in [1.82, 2.24) is 10.2 Å². The average Bonchev–Trinajstić information content (AvgIpc) is 2.87. The highest BCUT2D eigenvalue weighted by molar-refractivity contribution is 9.10. The first-order chi connectivity index (χ1) is 18.4. The standard InChI is InChI=1S/C30H36BrN3O4S/c1-21(2)32-30(36)28(18-24-12-7-6-8-13-24)33(19-25-14-10-9-11-22(25)3)29(35)20-34(39(5,37)38)26-15-16-27(31)23(4)17-26/h6-17,21,28H,18-20H2,1-5H3,(H,32,36). The minimum absolute atomic E-state index is 0.135. The number of sulfonamides is 1. The minimum Gasteiger partial charge on any atom is -0.352 e. The predicted molar refractivity (Wildman–Crippen MR) is 160 cm³/mol. The van der Waals surface area contributed by atoms with Gasteiger partial charge in [0.15, 0.2) is 0 Å². The number of nitrogens with one attached hydrogen (secondary N) is 1. The van der Waals surface area contributed by atoms with Gasteiger partial charge in [-0.15, -0.1) is 0 Å². The van der Waals surface area contributed by atoms with Crippen LogP contribution in [0.5, 0.6) is 0 Å². The maximum absolute atomic E-state index is 14.1. The summed E-state index contributed by atoms with van der Waals surface area (Å²) in [6.07, 6.45) is 1.36. The van der Waals surface area contributed by atoms with Crippen LogP contribution in [0.4, 0.5) is 5.69 Å². The Morgan fingerprint density at radius 2 is 1.56 bits per heavy atom. The molecule has 0 spiro atoms. The summed E-state index contributed by atoms with van der Waals surface area (Å²) in [5.41, 5.74) is 3.97. The number of rotatable bonds is 11. The van der Waals surface area contributed by atoms with Crippen LogP contribution in [0.3, 0.4) is 0 Å². The quantitative estimate of drug-likeness (QED) is 0.330. The Balaban J connectivity index is 2.08. The van der Waals surface area contributed by atoms with Crippen LogP contribution in [-0.2, 0) is 32.6 Å². The molecule has 0 aliphatic carbocycles. The van der Waals surface area contributed by atoms with E-state index in [-0.39, 0.29) is 24.9 Å². The van der Waals surface area contributed by atoms with Gasteiger partial charge in [-0.05, 0) is 68.1 Å². The van der Waals surface area contributed by atoms with Crippen LogP contribution in [0.15, 0.2) is 77.3 Å². The fraction of sp³-hybridized carbons (Fsp3) is 0.333. The van der Waals surface area contributed by atoms with Gasteiger partial charge in [0.2, 0.25) is 21.8 Å². The first-order valence-corrected chi connectivity index (χ1v) is 15.4. The third-order valence-electron chi connectivity index (χ3n) is 6.41. The number of hydrogen-bond acceptors (Lipinski definition) is 4. The number of carbonyl (C=O) groups excluding carboxylic acids is 2. The molecule has 0 heterocycles. The third kappa shape index (κ3) is 8.41. The largest absolute Gasteiger partial charge is 0.352 e. The number of aryl methyl sites for hydroxylation is 2. The number of nitrogens with zero attached hydrogens (tertiary/aromatic N) is 2. The van der Waals surface area contributed by atoms with E-state index in [1.165, 1.54) is 4.90 Å². The molecule has 0 fully saturated rings. The van der Waals surface area contributed by atoms with Gasteiger partial charge in [0.1, 0.15) is 12.6 Å². The highest BCUT2D eigenvalue weighted by Gasteiger charge is 2.33. The Morgan fingerprint density at radius 1 is 0.923 bits per heavy atom. The molecule has 0 aliphatic rings. The monoisotopic (exact) mass is 613 g/mol. The molecule has 1 atom stereocenters. The molecule has 0 aromatic heterocycles. The van der Waals surface area contributed by atoms with Crippen LogP contribution in [0.25, 0.3) is 0 Å². The van der Waals surface area contributed by atoms with Gasteiger partial charge in [-0.2, -0.15) is 0 Å². The number of carbonyl (C=O) groups is 2. The minimum atomic E-state index is -3.81. The van der Waals surface area contributed by atoms with Gasteiger partial charge in [-0.1, -0.05) is 70.5 Å². The second-order valence-corrected chi connectivity index (χ2v) is 12.8. The van der Waals surface area contributed by atoms with Crippen molar-refractivity contribution in [2.45, 2.75) is 52.7 Å². The third-order valence-corrected chi connectivity index (χ3v) is 8.44. The molecule has 7 nitrogen and oxygen atoms in total. The lowest BCUT2D eigenvalue weighted by Crippen LogP contribution is -2.54. The van der Waals surface area contributed by atoms with Crippen molar-refractivity contribution < 1.29 is 18.0 Å². The topological polar surface area (TPSA) is 86.8 Å². The lowest BCUT2D eigenvalue weighted by molar-refractivity contribution is -0.140. The van der Waals surface area contributed by atoms with Crippen LogP contribution in [-0.4, -0.2) is 50.0 Å². The Labute approximate surface area is 240 Å². The summed E-state index contributed by atoms with van der Waals surface area (Å²) in [4.78, 5) is 29.2. The number of halogens is 1. The summed E-state index contributed by atoms with van der Waals surface area (Å²) in [6.45, 7) is 7.26. The van der Waals surface area contributed by atoms with Gasteiger partial charge >= 0.3 is 0 Å². The van der Waals surface area contributed by atoms with E-state index in [2.05, 4.69) is 21.2 Å². The molecule has 9 heteroatoms. The molecule has 3 aromatic rings. The molecule has 0 saturated heterocycles. The van der Waals surface area contributed by atoms with Gasteiger partial charge in [-0.25, -0.2) is 8.42 Å². The smallest absolute Gasteiger partial charge is 0.244 e. The number of benzene rings is 3. The molecule has 0 aliphatic heterocycles. The van der Waals surface area contributed by atoms with Gasteiger partial charge in [-0.3, -0.25) is 13.9 Å². The van der Waals surface area contributed by atoms with Crippen LogP contribution in [0.2, 0.25) is 0 Å². The molecule has 208 valence electrons. The van der Waals surface area contributed by atoms with E-state index in [0.29, 0.717) is 5.69 Å². The van der Waals surface area contributed by atoms with E-state index in [1.807, 2.05) is 82.3 Å². The molecular weight excluding hydrogens is 578 g/mol. The van der Waals surface area contributed by atoms with Crippen molar-refractivity contribution in [1.29, 1.82) is 0 Å². The van der Waals surface area contributed by atoms with E-state index >= 15 is 0 Å². The summed E-state index contributed by atoms with van der Waals surface area (Å²) < 4.78 is 27.7. The lowest BCUT2D eigenvalue weighted by Gasteiger charge is -2.34. The summed E-state index contributed by atoms with van der Waals surface area (Å²) >= 11 is 3.45. The predicted octanol–water partition coefficient (Wildman–Crippen LogP) is 5.00. The molecule has 3 aromatic carbocycles.